The van der Waals surface area contributed by atoms with Gasteiger partial charge < -0.3 is 25.8 Å². The van der Waals surface area contributed by atoms with Crippen LogP contribution in [-0.2, 0) is 4.79 Å². The Labute approximate surface area is 258 Å². The number of likely N-dealkylation sites (N-methyl/N-ethyl adjacent to an activating group) is 1. The number of nitrogens with one attached hydrogen (secondary N) is 3. The number of amides is 3. The van der Waals surface area contributed by atoms with Crippen LogP contribution in [0.3, 0.4) is 0 Å². The number of hydrogen-bond donors (Lipinski definition) is 3. The van der Waals surface area contributed by atoms with E-state index < -0.39 is 0 Å². The lowest BCUT2D eigenvalue weighted by Crippen LogP contribution is -2.34. The summed E-state index contributed by atoms with van der Waals surface area (Å²) in [6.45, 7) is 7.46. The highest BCUT2D eigenvalue weighted by molar-refractivity contribution is 6.37. The van der Waals surface area contributed by atoms with Crippen molar-refractivity contribution in [3.63, 3.8) is 0 Å². The number of hydrogen-bond acceptors (Lipinski definition) is 5. The number of anilines is 3. The topological polar surface area (TPSA) is 93.8 Å². The Morgan fingerprint density at radius 2 is 1.41 bits per heavy atom. The summed E-state index contributed by atoms with van der Waals surface area (Å²) in [5.74, 6) is -0.582. The van der Waals surface area contributed by atoms with Crippen LogP contribution in [0.5, 0.6) is 0 Å². The predicted molar refractivity (Wildman–Crippen MR) is 178 cm³/mol. The van der Waals surface area contributed by atoms with Crippen molar-refractivity contribution in [3.05, 3.63) is 125 Å². The third-order valence-electron chi connectivity index (χ3n) is 7.80. The van der Waals surface area contributed by atoms with Crippen LogP contribution in [0.4, 0.5) is 17.1 Å². The zero-order valence-electron chi connectivity index (χ0n) is 25.3. The van der Waals surface area contributed by atoms with Crippen LogP contribution in [0.2, 0.25) is 0 Å². The molecule has 1 heterocycles. The second kappa shape index (κ2) is 13.8. The largest absolute Gasteiger partial charge is 0.354 e. The first-order valence-electron chi connectivity index (χ1n) is 14.9. The van der Waals surface area contributed by atoms with Crippen molar-refractivity contribution in [1.82, 2.24) is 10.2 Å². The van der Waals surface area contributed by atoms with Gasteiger partial charge in [-0.05, 0) is 73.3 Å². The number of carbonyl (C=O) groups is 3. The highest BCUT2D eigenvalue weighted by Crippen LogP contribution is 2.38. The molecule has 0 spiro atoms. The lowest BCUT2D eigenvalue weighted by Gasteiger charge is -2.18. The molecule has 0 saturated heterocycles. The maximum absolute atomic E-state index is 13.4. The van der Waals surface area contributed by atoms with Crippen LogP contribution in [0.1, 0.15) is 45.7 Å². The molecular weight excluding hydrogens is 550 g/mol. The Hall–Kier alpha value is -5.21. The molecule has 0 fully saturated rings. The van der Waals surface area contributed by atoms with Crippen molar-refractivity contribution in [2.24, 2.45) is 0 Å². The van der Waals surface area contributed by atoms with Gasteiger partial charge >= 0.3 is 0 Å². The van der Waals surface area contributed by atoms with E-state index in [0.717, 1.165) is 30.9 Å². The summed E-state index contributed by atoms with van der Waals surface area (Å²) < 4.78 is 0. The van der Waals surface area contributed by atoms with Crippen molar-refractivity contribution in [2.45, 2.75) is 13.8 Å². The Morgan fingerprint density at radius 1 is 0.773 bits per heavy atom. The Balaban J connectivity index is 1.44. The van der Waals surface area contributed by atoms with Crippen molar-refractivity contribution >= 4 is 46.1 Å². The number of carbonyl (C=O) groups excluding carboxylic acids is 3. The Morgan fingerprint density at radius 3 is 2.07 bits per heavy atom. The summed E-state index contributed by atoms with van der Waals surface area (Å²) in [5, 5.41) is 9.37. The molecule has 0 radical (unpaired) electrons. The van der Waals surface area contributed by atoms with Crippen LogP contribution in [0.25, 0.3) is 11.3 Å². The molecule has 0 aromatic heterocycles. The molecule has 4 aromatic rings. The molecule has 4 aromatic carbocycles. The summed E-state index contributed by atoms with van der Waals surface area (Å²) in [4.78, 5) is 43.5. The predicted octanol–water partition coefficient (Wildman–Crippen LogP) is 5.97. The van der Waals surface area contributed by atoms with Gasteiger partial charge in [-0.15, -0.1) is 0 Å². The van der Waals surface area contributed by atoms with E-state index in [-0.39, 0.29) is 17.7 Å². The summed E-state index contributed by atoms with van der Waals surface area (Å²) >= 11 is 0. The van der Waals surface area contributed by atoms with Gasteiger partial charge in [-0.2, -0.15) is 0 Å². The van der Waals surface area contributed by atoms with Crippen molar-refractivity contribution in [1.29, 1.82) is 0 Å². The SMILES string of the molecule is CCN(CC)CCNC(=O)c1ccc(N/C(=C2\C(=O)Nc3ccc(C(=O)N(C)c4ccccc4)cc32)c2ccccc2)cc1. The van der Waals surface area contributed by atoms with Crippen molar-refractivity contribution in [3.8, 4) is 0 Å². The van der Waals surface area contributed by atoms with Gasteiger partial charge in [0.2, 0.25) is 0 Å². The molecule has 0 unspecified atom stereocenters. The minimum Gasteiger partial charge on any atom is -0.354 e. The van der Waals surface area contributed by atoms with Gasteiger partial charge in [0.1, 0.15) is 0 Å². The van der Waals surface area contributed by atoms with Gasteiger partial charge in [0.25, 0.3) is 17.7 Å². The standard InChI is InChI=1S/C36H37N5O3/c1-4-41(5-2)23-22-37-34(42)26-16-19-28(20-17-26)38-33(25-12-8-6-9-13-25)32-30-24-27(18-21-31(30)39-35(32)43)36(44)40(3)29-14-10-7-11-15-29/h6-21,24,38H,4-5,22-23H2,1-3H3,(H,37,42)(H,39,43)/b33-32-. The van der Waals surface area contributed by atoms with Crippen LogP contribution in [-0.4, -0.2) is 55.8 Å². The quantitative estimate of drug-likeness (QED) is 0.188. The maximum Gasteiger partial charge on any atom is 0.258 e. The smallest absolute Gasteiger partial charge is 0.258 e. The average Bonchev–Trinajstić information content (AvgIpc) is 3.40. The molecule has 1 aliphatic heterocycles. The van der Waals surface area contributed by atoms with E-state index in [0.29, 0.717) is 45.9 Å². The lowest BCUT2D eigenvalue weighted by atomic mass is 9.98. The highest BCUT2D eigenvalue weighted by atomic mass is 16.2. The van der Waals surface area contributed by atoms with Crippen LogP contribution < -0.4 is 20.9 Å². The first-order chi connectivity index (χ1) is 21.4. The Bertz CT molecular complexity index is 1660. The van der Waals surface area contributed by atoms with E-state index in [1.165, 1.54) is 0 Å². The zero-order valence-corrected chi connectivity index (χ0v) is 25.3. The van der Waals surface area contributed by atoms with Gasteiger partial charge in [-0.25, -0.2) is 0 Å². The average molecular weight is 588 g/mol. The van der Waals surface area contributed by atoms with Gasteiger partial charge in [0.15, 0.2) is 0 Å². The van der Waals surface area contributed by atoms with Crippen molar-refractivity contribution < 1.29 is 14.4 Å². The summed E-state index contributed by atoms with van der Waals surface area (Å²) in [6, 6.07) is 31.4. The maximum atomic E-state index is 13.4. The number of rotatable bonds is 11. The third-order valence-corrected chi connectivity index (χ3v) is 7.80. The number of para-hydroxylation sites is 1. The minimum absolute atomic E-state index is 0.132. The van der Waals surface area contributed by atoms with Crippen LogP contribution in [0.15, 0.2) is 103 Å². The van der Waals surface area contributed by atoms with Gasteiger partial charge in [-0.1, -0.05) is 62.4 Å². The number of nitrogens with zero attached hydrogens (tertiary/aromatic N) is 2. The fourth-order valence-electron chi connectivity index (χ4n) is 5.21. The molecule has 0 aliphatic carbocycles. The van der Waals surface area contributed by atoms with Gasteiger partial charge in [0, 0.05) is 53.9 Å². The van der Waals surface area contributed by atoms with E-state index in [1.54, 1.807) is 42.3 Å². The highest BCUT2D eigenvalue weighted by Gasteiger charge is 2.30. The second-order valence-electron chi connectivity index (χ2n) is 10.5. The first kappa shape index (κ1) is 30.3. The minimum atomic E-state index is -0.267. The number of fused-ring (bicyclic) bond motifs is 1. The number of benzene rings is 4. The summed E-state index contributed by atoms with van der Waals surface area (Å²) in [7, 11) is 1.73. The van der Waals surface area contributed by atoms with Crippen LogP contribution in [0, 0.1) is 0 Å². The third kappa shape index (κ3) is 6.71. The molecule has 224 valence electrons. The molecular formula is C36H37N5O3. The van der Waals surface area contributed by atoms with E-state index in [9.17, 15) is 14.4 Å². The molecule has 0 saturated carbocycles. The second-order valence-corrected chi connectivity index (χ2v) is 10.5. The van der Waals surface area contributed by atoms with E-state index in [1.807, 2.05) is 72.8 Å². The molecule has 0 bridgehead atoms. The Kier molecular flexibility index (Phi) is 9.52. The van der Waals surface area contributed by atoms with E-state index in [4.69, 9.17) is 0 Å². The lowest BCUT2D eigenvalue weighted by molar-refractivity contribution is -0.110. The summed E-state index contributed by atoms with van der Waals surface area (Å²) in [6.07, 6.45) is 0. The molecule has 8 nitrogen and oxygen atoms in total. The first-order valence-corrected chi connectivity index (χ1v) is 14.9. The fourth-order valence-corrected chi connectivity index (χ4v) is 5.21. The van der Waals surface area contributed by atoms with Crippen molar-refractivity contribution in [2.75, 3.05) is 48.8 Å². The van der Waals surface area contributed by atoms with Gasteiger partial charge in [0.05, 0.1) is 11.3 Å². The zero-order chi connectivity index (χ0) is 31.1. The summed E-state index contributed by atoms with van der Waals surface area (Å²) in [5.41, 5.74) is 5.62. The molecule has 44 heavy (non-hydrogen) atoms. The molecule has 8 heteroatoms. The van der Waals surface area contributed by atoms with E-state index >= 15 is 0 Å². The molecule has 0 atom stereocenters. The molecule has 3 amide bonds. The molecule has 3 N–H and O–H groups in total. The van der Waals surface area contributed by atoms with Crippen LogP contribution >= 0.6 is 0 Å². The molecule has 5 rings (SSSR count). The fraction of sp³-hybridized carbons (Fsp3) is 0.194. The van der Waals surface area contributed by atoms with E-state index in [2.05, 4.69) is 34.7 Å². The normalized spacial score (nSPS) is 13.2. The monoisotopic (exact) mass is 587 g/mol. The molecule has 1 aliphatic rings. The van der Waals surface area contributed by atoms with Gasteiger partial charge in [-0.3, -0.25) is 14.4 Å².